The second kappa shape index (κ2) is 5.82. The number of benzene rings is 1. The average molecular weight is 308 g/mol. The van der Waals surface area contributed by atoms with Crippen molar-refractivity contribution in [3.8, 4) is 0 Å². The minimum atomic E-state index is -0.161. The topological polar surface area (TPSA) is 49.0 Å². The molecule has 0 aliphatic carbocycles. The number of rotatable bonds is 4. The predicted octanol–water partition coefficient (Wildman–Crippen LogP) is 2.56. The van der Waals surface area contributed by atoms with E-state index in [4.69, 9.17) is 0 Å². The number of H-pyrrole nitrogens is 1. The fourth-order valence-electron chi connectivity index (χ4n) is 1.73. The summed E-state index contributed by atoms with van der Waals surface area (Å²) in [5, 5.41) is 0. The molecule has 4 nitrogen and oxygen atoms in total. The van der Waals surface area contributed by atoms with E-state index in [1.807, 2.05) is 25.1 Å². The number of aromatic amines is 1. The lowest BCUT2D eigenvalue weighted by Gasteiger charge is -2.22. The summed E-state index contributed by atoms with van der Waals surface area (Å²) in [7, 11) is 0. The van der Waals surface area contributed by atoms with Gasteiger partial charge in [0.25, 0.3) is 5.56 Å². The van der Waals surface area contributed by atoms with Crippen LogP contribution >= 0.6 is 15.9 Å². The van der Waals surface area contributed by atoms with E-state index in [2.05, 4.69) is 42.9 Å². The molecule has 1 aromatic heterocycles. The second-order valence-corrected chi connectivity index (χ2v) is 4.66. The molecule has 2 rings (SSSR count). The molecular formula is C13H14BrN3O. The fourth-order valence-corrected chi connectivity index (χ4v) is 2.20. The largest absolute Gasteiger partial charge is 0.351 e. The van der Waals surface area contributed by atoms with Crippen LogP contribution in [-0.2, 0) is 6.54 Å². The molecule has 1 aromatic carbocycles. The van der Waals surface area contributed by atoms with E-state index in [0.717, 1.165) is 13.1 Å². The summed E-state index contributed by atoms with van der Waals surface area (Å²) < 4.78 is 0.475. The Balaban J connectivity index is 2.29. The van der Waals surface area contributed by atoms with Crippen LogP contribution in [0.4, 0.5) is 5.82 Å². The van der Waals surface area contributed by atoms with Crippen molar-refractivity contribution in [2.75, 3.05) is 11.4 Å². The van der Waals surface area contributed by atoms with Gasteiger partial charge in [-0.25, -0.2) is 4.98 Å². The van der Waals surface area contributed by atoms with Crippen LogP contribution in [0.25, 0.3) is 0 Å². The third-order valence-corrected chi connectivity index (χ3v) is 3.39. The van der Waals surface area contributed by atoms with Gasteiger partial charge < -0.3 is 9.88 Å². The molecule has 0 atom stereocenters. The second-order valence-electron chi connectivity index (χ2n) is 3.87. The van der Waals surface area contributed by atoms with Gasteiger partial charge in [0.15, 0.2) is 5.82 Å². The Labute approximate surface area is 114 Å². The zero-order valence-corrected chi connectivity index (χ0v) is 11.6. The van der Waals surface area contributed by atoms with Gasteiger partial charge in [0.2, 0.25) is 0 Å². The van der Waals surface area contributed by atoms with Crippen molar-refractivity contribution in [3.05, 3.63) is 57.0 Å². The predicted molar refractivity (Wildman–Crippen MR) is 75.7 cm³/mol. The molecule has 0 saturated heterocycles. The molecule has 0 aliphatic heterocycles. The summed E-state index contributed by atoms with van der Waals surface area (Å²) in [6.45, 7) is 3.55. The van der Waals surface area contributed by atoms with Crippen LogP contribution in [0.1, 0.15) is 12.5 Å². The van der Waals surface area contributed by atoms with Crippen LogP contribution < -0.4 is 10.5 Å². The smallest absolute Gasteiger partial charge is 0.267 e. The molecule has 0 spiro atoms. The highest BCUT2D eigenvalue weighted by molar-refractivity contribution is 9.10. The van der Waals surface area contributed by atoms with E-state index in [1.165, 1.54) is 11.9 Å². The number of hydrogen-bond acceptors (Lipinski definition) is 3. The van der Waals surface area contributed by atoms with Crippen LogP contribution in [0.2, 0.25) is 0 Å². The van der Waals surface area contributed by atoms with E-state index in [9.17, 15) is 4.79 Å². The van der Waals surface area contributed by atoms with E-state index >= 15 is 0 Å². The Morgan fingerprint density at radius 1 is 1.33 bits per heavy atom. The van der Waals surface area contributed by atoms with Gasteiger partial charge >= 0.3 is 0 Å². The Morgan fingerprint density at radius 2 is 2.06 bits per heavy atom. The van der Waals surface area contributed by atoms with Crippen LogP contribution in [0, 0.1) is 0 Å². The van der Waals surface area contributed by atoms with Crippen molar-refractivity contribution in [2.24, 2.45) is 0 Å². The van der Waals surface area contributed by atoms with Gasteiger partial charge in [0.05, 0.1) is 6.33 Å². The number of hydrogen-bond donors (Lipinski definition) is 1. The lowest BCUT2D eigenvalue weighted by Crippen LogP contribution is -2.26. The first kappa shape index (κ1) is 12.8. The van der Waals surface area contributed by atoms with E-state index in [0.29, 0.717) is 10.3 Å². The molecule has 0 radical (unpaired) electrons. The SMILES string of the molecule is CCN(Cc1ccccc1)c1nc[nH]c(=O)c1Br. The summed E-state index contributed by atoms with van der Waals surface area (Å²) in [4.78, 5) is 20.4. The molecular weight excluding hydrogens is 294 g/mol. The Hall–Kier alpha value is -1.62. The quantitative estimate of drug-likeness (QED) is 0.944. The molecule has 0 aliphatic rings. The van der Waals surface area contributed by atoms with Crippen molar-refractivity contribution < 1.29 is 0 Å². The van der Waals surface area contributed by atoms with Crippen molar-refractivity contribution in [3.63, 3.8) is 0 Å². The number of halogens is 1. The Morgan fingerprint density at radius 3 is 2.72 bits per heavy atom. The monoisotopic (exact) mass is 307 g/mol. The molecule has 18 heavy (non-hydrogen) atoms. The van der Waals surface area contributed by atoms with E-state index in [1.54, 1.807) is 0 Å². The summed E-state index contributed by atoms with van der Waals surface area (Å²) in [5.41, 5.74) is 1.03. The average Bonchev–Trinajstić information content (AvgIpc) is 2.41. The van der Waals surface area contributed by atoms with Gasteiger partial charge in [-0.2, -0.15) is 0 Å². The number of aromatic nitrogens is 2. The molecule has 0 fully saturated rings. The van der Waals surface area contributed by atoms with Gasteiger partial charge in [-0.05, 0) is 28.4 Å². The molecule has 2 aromatic rings. The molecule has 0 unspecified atom stereocenters. The number of anilines is 1. The van der Waals surface area contributed by atoms with Crippen molar-refractivity contribution >= 4 is 21.7 Å². The Bertz CT molecular complexity index is 568. The maximum Gasteiger partial charge on any atom is 0.267 e. The van der Waals surface area contributed by atoms with Gasteiger partial charge in [0.1, 0.15) is 4.47 Å². The minimum absolute atomic E-state index is 0.161. The first-order chi connectivity index (χ1) is 8.72. The lowest BCUT2D eigenvalue weighted by molar-refractivity contribution is 0.804. The van der Waals surface area contributed by atoms with Crippen molar-refractivity contribution in [1.82, 2.24) is 9.97 Å². The number of nitrogens with zero attached hydrogens (tertiary/aromatic N) is 2. The highest BCUT2D eigenvalue weighted by Crippen LogP contribution is 2.20. The zero-order valence-electron chi connectivity index (χ0n) is 10.1. The summed E-state index contributed by atoms with van der Waals surface area (Å²) >= 11 is 3.29. The normalized spacial score (nSPS) is 10.3. The van der Waals surface area contributed by atoms with Crippen molar-refractivity contribution in [2.45, 2.75) is 13.5 Å². The van der Waals surface area contributed by atoms with Crippen LogP contribution in [-0.4, -0.2) is 16.5 Å². The maximum absolute atomic E-state index is 11.5. The molecule has 0 amide bonds. The third-order valence-electron chi connectivity index (χ3n) is 2.68. The summed E-state index contributed by atoms with van der Waals surface area (Å²) in [5.74, 6) is 0.671. The van der Waals surface area contributed by atoms with Crippen molar-refractivity contribution in [1.29, 1.82) is 0 Å². The van der Waals surface area contributed by atoms with Crippen LogP contribution in [0.3, 0.4) is 0 Å². The number of nitrogens with one attached hydrogen (secondary N) is 1. The third kappa shape index (κ3) is 2.79. The van der Waals surface area contributed by atoms with Gasteiger partial charge in [-0.15, -0.1) is 0 Å². The maximum atomic E-state index is 11.5. The highest BCUT2D eigenvalue weighted by atomic mass is 79.9. The minimum Gasteiger partial charge on any atom is -0.351 e. The van der Waals surface area contributed by atoms with E-state index < -0.39 is 0 Å². The van der Waals surface area contributed by atoms with Crippen LogP contribution in [0.15, 0.2) is 45.9 Å². The molecule has 0 bridgehead atoms. The molecule has 1 N–H and O–H groups in total. The first-order valence-corrected chi connectivity index (χ1v) is 6.53. The lowest BCUT2D eigenvalue weighted by atomic mass is 10.2. The molecule has 94 valence electrons. The Kier molecular flexibility index (Phi) is 4.15. The highest BCUT2D eigenvalue weighted by Gasteiger charge is 2.12. The first-order valence-electron chi connectivity index (χ1n) is 5.74. The van der Waals surface area contributed by atoms with E-state index in [-0.39, 0.29) is 5.56 Å². The standard InChI is InChI=1S/C13H14BrN3O/c1-2-17(8-10-6-4-3-5-7-10)12-11(14)13(18)16-9-15-12/h3-7,9H,2,8H2,1H3,(H,15,16,18). The van der Waals surface area contributed by atoms with Gasteiger partial charge in [0, 0.05) is 13.1 Å². The zero-order chi connectivity index (χ0) is 13.0. The summed E-state index contributed by atoms with van der Waals surface area (Å²) in [6.07, 6.45) is 1.43. The molecule has 0 saturated carbocycles. The van der Waals surface area contributed by atoms with Gasteiger partial charge in [-0.3, -0.25) is 4.79 Å². The van der Waals surface area contributed by atoms with Crippen LogP contribution in [0.5, 0.6) is 0 Å². The summed E-state index contributed by atoms with van der Waals surface area (Å²) in [6, 6.07) is 10.1. The fraction of sp³-hybridized carbons (Fsp3) is 0.231. The van der Waals surface area contributed by atoms with Gasteiger partial charge in [-0.1, -0.05) is 30.3 Å². The molecule has 1 heterocycles. The molecule has 5 heteroatoms.